The van der Waals surface area contributed by atoms with Crippen LogP contribution in [0.5, 0.6) is 0 Å². The highest BCUT2D eigenvalue weighted by Gasteiger charge is 2.25. The van der Waals surface area contributed by atoms with Crippen LogP contribution in [0.1, 0.15) is 52.4 Å². The summed E-state index contributed by atoms with van der Waals surface area (Å²) in [6.45, 7) is 7.41. The Morgan fingerprint density at radius 3 is 2.31 bits per heavy atom. The molecule has 0 amide bonds. The Morgan fingerprint density at radius 1 is 1.23 bits per heavy atom. The monoisotopic (exact) mass is 190 g/mol. The highest BCUT2D eigenvalue weighted by atomic mass is 19.3. The van der Waals surface area contributed by atoms with Crippen molar-refractivity contribution in [1.29, 1.82) is 0 Å². The quantitative estimate of drug-likeness (QED) is 0.516. The van der Waals surface area contributed by atoms with Gasteiger partial charge in [0.2, 0.25) is 5.92 Å². The first-order chi connectivity index (χ1) is 6.02. The molecule has 2 heteroatoms. The molecule has 0 rings (SSSR count). The van der Waals surface area contributed by atoms with Crippen LogP contribution in [0.2, 0.25) is 0 Å². The van der Waals surface area contributed by atoms with E-state index in [-0.39, 0.29) is 12.8 Å². The van der Waals surface area contributed by atoms with E-state index in [0.717, 1.165) is 24.8 Å². The molecular formula is C11H20F2. The van der Waals surface area contributed by atoms with Crippen LogP contribution in [0.25, 0.3) is 0 Å². The Morgan fingerprint density at radius 2 is 1.85 bits per heavy atom. The van der Waals surface area contributed by atoms with Crippen LogP contribution >= 0.6 is 0 Å². The molecule has 78 valence electrons. The highest BCUT2D eigenvalue weighted by molar-refractivity contribution is 4.94. The Hall–Kier alpha value is -0.400. The largest absolute Gasteiger partial charge is 0.248 e. The molecule has 0 heterocycles. The van der Waals surface area contributed by atoms with E-state index in [2.05, 4.69) is 13.5 Å². The summed E-state index contributed by atoms with van der Waals surface area (Å²) >= 11 is 0. The number of hydrogen-bond donors (Lipinski definition) is 0. The molecule has 0 bridgehead atoms. The van der Waals surface area contributed by atoms with Crippen LogP contribution in [0, 0.1) is 0 Å². The fourth-order valence-corrected chi connectivity index (χ4v) is 1.09. The second-order valence-electron chi connectivity index (χ2n) is 3.56. The van der Waals surface area contributed by atoms with Crippen molar-refractivity contribution in [3.63, 3.8) is 0 Å². The van der Waals surface area contributed by atoms with Crippen molar-refractivity contribution in [1.82, 2.24) is 0 Å². The van der Waals surface area contributed by atoms with Crippen LogP contribution in [-0.2, 0) is 0 Å². The molecule has 0 aromatic carbocycles. The van der Waals surface area contributed by atoms with Gasteiger partial charge in [-0.2, -0.15) is 0 Å². The first-order valence-corrected chi connectivity index (χ1v) is 5.06. The van der Waals surface area contributed by atoms with Gasteiger partial charge in [0.1, 0.15) is 0 Å². The number of hydrogen-bond acceptors (Lipinski definition) is 0. The SMILES string of the molecule is C=C(CCCC)CCC(F)(F)CC. The zero-order chi connectivity index (χ0) is 10.3. The predicted molar refractivity (Wildman–Crippen MR) is 53.1 cm³/mol. The summed E-state index contributed by atoms with van der Waals surface area (Å²) in [5, 5.41) is 0. The maximum Gasteiger partial charge on any atom is 0.248 e. The summed E-state index contributed by atoms with van der Waals surface area (Å²) < 4.78 is 25.6. The van der Waals surface area contributed by atoms with E-state index in [1.54, 1.807) is 0 Å². The van der Waals surface area contributed by atoms with E-state index in [1.807, 2.05) is 0 Å². The molecule has 0 atom stereocenters. The van der Waals surface area contributed by atoms with Crippen LogP contribution in [0.4, 0.5) is 8.78 Å². The lowest BCUT2D eigenvalue weighted by molar-refractivity contribution is -0.0111. The van der Waals surface area contributed by atoms with Crippen LogP contribution in [-0.4, -0.2) is 5.92 Å². The van der Waals surface area contributed by atoms with Crippen molar-refractivity contribution in [2.24, 2.45) is 0 Å². The van der Waals surface area contributed by atoms with Crippen LogP contribution < -0.4 is 0 Å². The van der Waals surface area contributed by atoms with Gasteiger partial charge in [0.15, 0.2) is 0 Å². The van der Waals surface area contributed by atoms with Gasteiger partial charge in [0.05, 0.1) is 0 Å². The van der Waals surface area contributed by atoms with Gasteiger partial charge in [-0.05, 0) is 19.3 Å². The third-order valence-corrected chi connectivity index (χ3v) is 2.25. The highest BCUT2D eigenvalue weighted by Crippen LogP contribution is 2.26. The zero-order valence-corrected chi connectivity index (χ0v) is 8.71. The molecule has 0 aliphatic heterocycles. The molecule has 0 N–H and O–H groups in total. The number of rotatable bonds is 7. The molecule has 0 aliphatic carbocycles. The van der Waals surface area contributed by atoms with E-state index in [0.29, 0.717) is 6.42 Å². The first-order valence-electron chi connectivity index (χ1n) is 5.06. The molecule has 0 unspecified atom stereocenters. The summed E-state index contributed by atoms with van der Waals surface area (Å²) in [4.78, 5) is 0. The Labute approximate surface area is 80.0 Å². The lowest BCUT2D eigenvalue weighted by Crippen LogP contribution is -2.13. The summed E-state index contributed by atoms with van der Waals surface area (Å²) in [6.07, 6.45) is 3.44. The van der Waals surface area contributed by atoms with Crippen molar-refractivity contribution in [3.05, 3.63) is 12.2 Å². The average Bonchev–Trinajstić information content (AvgIpc) is 2.11. The lowest BCUT2D eigenvalue weighted by atomic mass is 10.0. The summed E-state index contributed by atoms with van der Waals surface area (Å²) in [5.41, 5.74) is 0.968. The van der Waals surface area contributed by atoms with Gasteiger partial charge in [0, 0.05) is 12.8 Å². The van der Waals surface area contributed by atoms with E-state index in [1.165, 1.54) is 6.92 Å². The molecule has 0 aromatic rings. The number of halogens is 2. The van der Waals surface area contributed by atoms with Gasteiger partial charge in [-0.1, -0.05) is 32.4 Å². The standard InChI is InChI=1S/C11H20F2/c1-4-6-7-10(3)8-9-11(12,13)5-2/h3-9H2,1-2H3. The number of unbranched alkanes of at least 4 members (excludes halogenated alkanes) is 1. The molecular weight excluding hydrogens is 170 g/mol. The molecule has 0 aliphatic rings. The fourth-order valence-electron chi connectivity index (χ4n) is 1.09. The minimum Gasteiger partial charge on any atom is -0.207 e. The van der Waals surface area contributed by atoms with Crippen molar-refractivity contribution < 1.29 is 8.78 Å². The third-order valence-electron chi connectivity index (χ3n) is 2.25. The predicted octanol–water partition coefficient (Wildman–Crippen LogP) is 4.56. The molecule has 0 aromatic heterocycles. The maximum absolute atomic E-state index is 12.8. The van der Waals surface area contributed by atoms with E-state index >= 15 is 0 Å². The minimum absolute atomic E-state index is 0.0357. The molecule has 0 fully saturated rings. The Bertz CT molecular complexity index is 150. The average molecular weight is 190 g/mol. The van der Waals surface area contributed by atoms with Gasteiger partial charge in [-0.3, -0.25) is 0 Å². The maximum atomic E-state index is 12.8. The summed E-state index contributed by atoms with van der Waals surface area (Å²) in [7, 11) is 0. The molecule has 0 saturated heterocycles. The van der Waals surface area contributed by atoms with E-state index < -0.39 is 5.92 Å². The zero-order valence-electron chi connectivity index (χ0n) is 8.71. The van der Waals surface area contributed by atoms with E-state index in [4.69, 9.17) is 0 Å². The second kappa shape index (κ2) is 6.11. The topological polar surface area (TPSA) is 0 Å². The smallest absolute Gasteiger partial charge is 0.207 e. The van der Waals surface area contributed by atoms with Crippen molar-refractivity contribution in [2.75, 3.05) is 0 Å². The van der Waals surface area contributed by atoms with Crippen molar-refractivity contribution >= 4 is 0 Å². The molecule has 0 nitrogen and oxygen atoms in total. The Kier molecular flexibility index (Phi) is 5.93. The second-order valence-corrected chi connectivity index (χ2v) is 3.56. The van der Waals surface area contributed by atoms with Crippen molar-refractivity contribution in [2.45, 2.75) is 58.3 Å². The molecule has 0 spiro atoms. The molecule has 13 heavy (non-hydrogen) atoms. The molecule has 0 saturated carbocycles. The third kappa shape index (κ3) is 6.73. The molecule has 0 radical (unpaired) electrons. The van der Waals surface area contributed by atoms with Gasteiger partial charge in [0.25, 0.3) is 0 Å². The van der Waals surface area contributed by atoms with E-state index in [9.17, 15) is 8.78 Å². The van der Waals surface area contributed by atoms with Crippen LogP contribution in [0.15, 0.2) is 12.2 Å². The Balaban J connectivity index is 3.57. The number of allylic oxidation sites excluding steroid dienone is 1. The fraction of sp³-hybridized carbons (Fsp3) is 0.818. The van der Waals surface area contributed by atoms with Gasteiger partial charge in [-0.25, -0.2) is 8.78 Å². The van der Waals surface area contributed by atoms with Gasteiger partial charge in [-0.15, -0.1) is 0 Å². The van der Waals surface area contributed by atoms with Gasteiger partial charge >= 0.3 is 0 Å². The summed E-state index contributed by atoms with van der Waals surface area (Å²) in [5.74, 6) is -2.49. The normalized spacial score (nSPS) is 11.7. The van der Waals surface area contributed by atoms with Crippen molar-refractivity contribution in [3.8, 4) is 0 Å². The lowest BCUT2D eigenvalue weighted by Gasteiger charge is -2.14. The summed E-state index contributed by atoms with van der Waals surface area (Å²) in [6, 6.07) is 0. The first kappa shape index (κ1) is 12.6. The van der Waals surface area contributed by atoms with Crippen LogP contribution in [0.3, 0.4) is 0 Å². The minimum atomic E-state index is -2.49. The van der Waals surface area contributed by atoms with Gasteiger partial charge < -0.3 is 0 Å². The number of alkyl halides is 2.